The molecule has 0 aliphatic carbocycles. The number of thioether (sulfide) groups is 1. The highest BCUT2D eigenvalue weighted by Gasteiger charge is 2.27. The second-order valence-corrected chi connectivity index (χ2v) is 7.99. The van der Waals surface area contributed by atoms with Crippen LogP contribution in [-0.2, 0) is 27.3 Å². The summed E-state index contributed by atoms with van der Waals surface area (Å²) >= 11 is 2.85. The van der Waals surface area contributed by atoms with Crippen molar-refractivity contribution in [2.45, 2.75) is 45.1 Å². The van der Waals surface area contributed by atoms with Crippen molar-refractivity contribution >= 4 is 45.1 Å². The Balaban J connectivity index is 1.87. The number of rotatable bonds is 5. The van der Waals surface area contributed by atoms with Crippen LogP contribution in [0.2, 0.25) is 0 Å². The smallest absolute Gasteiger partial charge is 0.316 e. The van der Waals surface area contributed by atoms with Gasteiger partial charge in [0, 0.05) is 11.3 Å². The minimum Gasteiger partial charge on any atom is -0.465 e. The molecule has 0 unspecified atom stereocenters. The van der Waals surface area contributed by atoms with E-state index in [1.807, 2.05) is 0 Å². The SMILES string of the molecule is CCOC(=O)CSc1nc(N)c2c3c(sc2n1)CO[C@H](C(C)C)C3. The molecule has 6 nitrogen and oxygen atoms in total. The van der Waals surface area contributed by atoms with E-state index in [-0.39, 0.29) is 17.8 Å². The van der Waals surface area contributed by atoms with Crippen LogP contribution in [0.25, 0.3) is 10.2 Å². The van der Waals surface area contributed by atoms with E-state index >= 15 is 0 Å². The first kappa shape index (κ1) is 17.4. The van der Waals surface area contributed by atoms with Crippen LogP contribution >= 0.6 is 23.1 Å². The number of carbonyl (C=O) groups is 1. The number of carbonyl (C=O) groups excluding carboxylic acids is 1. The van der Waals surface area contributed by atoms with E-state index in [0.717, 1.165) is 16.6 Å². The summed E-state index contributed by atoms with van der Waals surface area (Å²) in [6, 6.07) is 0. The molecule has 0 saturated heterocycles. The summed E-state index contributed by atoms with van der Waals surface area (Å²) < 4.78 is 10.8. The van der Waals surface area contributed by atoms with Crippen LogP contribution < -0.4 is 5.73 Å². The number of anilines is 1. The van der Waals surface area contributed by atoms with Crippen LogP contribution in [0.5, 0.6) is 0 Å². The van der Waals surface area contributed by atoms with Crippen LogP contribution in [0.4, 0.5) is 5.82 Å². The summed E-state index contributed by atoms with van der Waals surface area (Å²) in [6.07, 6.45) is 1.04. The van der Waals surface area contributed by atoms with Gasteiger partial charge in [-0.2, -0.15) is 0 Å². The van der Waals surface area contributed by atoms with Crippen molar-refractivity contribution in [2.75, 3.05) is 18.1 Å². The maximum Gasteiger partial charge on any atom is 0.316 e. The molecule has 1 aliphatic rings. The molecule has 8 heteroatoms. The Bertz CT molecular complexity index is 761. The van der Waals surface area contributed by atoms with Gasteiger partial charge >= 0.3 is 5.97 Å². The number of esters is 1. The molecule has 1 aliphatic heterocycles. The molecule has 2 aromatic heterocycles. The molecule has 0 bridgehead atoms. The quantitative estimate of drug-likeness (QED) is 0.494. The third kappa shape index (κ3) is 3.50. The number of thiophene rings is 1. The minimum absolute atomic E-state index is 0.183. The van der Waals surface area contributed by atoms with Gasteiger partial charge in [-0.05, 0) is 18.4 Å². The number of nitrogens with two attached hydrogens (primary N) is 1. The predicted octanol–water partition coefficient (Wildman–Crippen LogP) is 3.03. The molecule has 0 saturated carbocycles. The lowest BCUT2D eigenvalue weighted by Crippen LogP contribution is -2.26. The highest BCUT2D eigenvalue weighted by Crippen LogP contribution is 2.39. The molecule has 1 atom stereocenters. The Morgan fingerprint density at radius 3 is 3.00 bits per heavy atom. The van der Waals surface area contributed by atoms with E-state index in [1.54, 1.807) is 18.3 Å². The Hall–Kier alpha value is -1.38. The van der Waals surface area contributed by atoms with Gasteiger partial charge < -0.3 is 15.2 Å². The minimum atomic E-state index is -0.275. The van der Waals surface area contributed by atoms with Gasteiger partial charge in [-0.25, -0.2) is 9.97 Å². The molecule has 3 heterocycles. The Morgan fingerprint density at radius 1 is 1.50 bits per heavy atom. The van der Waals surface area contributed by atoms with Crippen LogP contribution in [0.1, 0.15) is 31.2 Å². The van der Waals surface area contributed by atoms with Crippen molar-refractivity contribution in [3.05, 3.63) is 10.4 Å². The Morgan fingerprint density at radius 2 is 2.29 bits per heavy atom. The topological polar surface area (TPSA) is 87.3 Å². The number of fused-ring (bicyclic) bond motifs is 3. The molecule has 0 radical (unpaired) electrons. The fourth-order valence-corrected chi connectivity index (χ4v) is 4.54. The fraction of sp³-hybridized carbons (Fsp3) is 0.562. The van der Waals surface area contributed by atoms with Crippen LogP contribution in [0.3, 0.4) is 0 Å². The summed E-state index contributed by atoms with van der Waals surface area (Å²) in [4.78, 5) is 22.5. The van der Waals surface area contributed by atoms with Crippen LogP contribution in [0, 0.1) is 5.92 Å². The zero-order valence-corrected chi connectivity index (χ0v) is 15.6. The lowest BCUT2D eigenvalue weighted by atomic mass is 9.96. The Kier molecular flexibility index (Phi) is 5.27. The van der Waals surface area contributed by atoms with Gasteiger partial charge in [0.05, 0.1) is 30.5 Å². The second kappa shape index (κ2) is 7.25. The third-order valence-electron chi connectivity index (χ3n) is 3.94. The zero-order valence-electron chi connectivity index (χ0n) is 14.0. The van der Waals surface area contributed by atoms with Crippen LogP contribution in [-0.4, -0.2) is 34.4 Å². The summed E-state index contributed by atoms with van der Waals surface area (Å²) in [5.74, 6) is 0.842. The monoisotopic (exact) mass is 367 g/mol. The second-order valence-electron chi connectivity index (χ2n) is 5.97. The maximum absolute atomic E-state index is 11.5. The number of nitrogen functional groups attached to an aromatic ring is 1. The molecule has 130 valence electrons. The molecule has 0 aromatic carbocycles. The summed E-state index contributed by atoms with van der Waals surface area (Å²) in [5, 5.41) is 1.46. The fourth-order valence-electron chi connectivity index (χ4n) is 2.71. The third-order valence-corrected chi connectivity index (χ3v) is 5.86. The molecule has 2 N–H and O–H groups in total. The van der Waals surface area contributed by atoms with E-state index < -0.39 is 0 Å². The first-order chi connectivity index (χ1) is 11.5. The number of nitrogens with zero attached hydrogens (tertiary/aromatic N) is 2. The predicted molar refractivity (Wildman–Crippen MR) is 96.3 cm³/mol. The number of ether oxygens (including phenoxy) is 2. The van der Waals surface area contributed by atoms with Gasteiger partial charge in [0.25, 0.3) is 0 Å². The summed E-state index contributed by atoms with van der Waals surface area (Å²) in [5.41, 5.74) is 7.42. The zero-order chi connectivity index (χ0) is 17.3. The molecular weight excluding hydrogens is 346 g/mol. The number of hydrogen-bond donors (Lipinski definition) is 1. The summed E-state index contributed by atoms with van der Waals surface area (Å²) in [7, 11) is 0. The van der Waals surface area contributed by atoms with Crippen molar-refractivity contribution in [3.63, 3.8) is 0 Å². The molecule has 0 amide bonds. The van der Waals surface area contributed by atoms with Gasteiger partial charge in [-0.1, -0.05) is 25.6 Å². The molecule has 3 rings (SSSR count). The van der Waals surface area contributed by atoms with Crippen molar-refractivity contribution in [2.24, 2.45) is 5.92 Å². The highest BCUT2D eigenvalue weighted by atomic mass is 32.2. The molecule has 0 spiro atoms. The van der Waals surface area contributed by atoms with Gasteiger partial charge in [-0.15, -0.1) is 11.3 Å². The maximum atomic E-state index is 11.5. The lowest BCUT2D eigenvalue weighted by Gasteiger charge is -2.26. The normalized spacial score (nSPS) is 17.2. The van der Waals surface area contributed by atoms with E-state index in [0.29, 0.717) is 30.1 Å². The number of aromatic nitrogens is 2. The lowest BCUT2D eigenvalue weighted by molar-refractivity contribution is -0.139. The highest BCUT2D eigenvalue weighted by molar-refractivity contribution is 7.99. The standard InChI is InChI=1S/C16H21N3O3S2/c1-4-21-12(20)7-23-16-18-14(17)13-9-5-10(8(2)3)22-6-11(9)24-15(13)19-16/h8,10H,4-7H2,1-3H3,(H2,17,18,19)/t10-/m0/s1. The first-order valence-electron chi connectivity index (χ1n) is 7.97. The van der Waals surface area contributed by atoms with E-state index in [2.05, 4.69) is 23.8 Å². The van der Waals surface area contributed by atoms with Gasteiger partial charge in [0.15, 0.2) is 5.16 Å². The molecule has 2 aromatic rings. The molecule has 0 fully saturated rings. The van der Waals surface area contributed by atoms with Crippen molar-refractivity contribution < 1.29 is 14.3 Å². The van der Waals surface area contributed by atoms with Crippen LogP contribution in [0.15, 0.2) is 5.16 Å². The van der Waals surface area contributed by atoms with Crippen molar-refractivity contribution in [1.29, 1.82) is 0 Å². The van der Waals surface area contributed by atoms with E-state index in [1.165, 1.54) is 22.2 Å². The largest absolute Gasteiger partial charge is 0.465 e. The van der Waals surface area contributed by atoms with E-state index in [9.17, 15) is 4.79 Å². The van der Waals surface area contributed by atoms with E-state index in [4.69, 9.17) is 15.2 Å². The van der Waals surface area contributed by atoms with Gasteiger partial charge in [0.1, 0.15) is 10.6 Å². The Labute approximate surface area is 149 Å². The summed E-state index contributed by atoms with van der Waals surface area (Å²) in [6.45, 7) is 7.08. The first-order valence-corrected chi connectivity index (χ1v) is 9.77. The molecule has 24 heavy (non-hydrogen) atoms. The van der Waals surface area contributed by atoms with Gasteiger partial charge in [0.2, 0.25) is 0 Å². The average molecular weight is 367 g/mol. The number of hydrogen-bond acceptors (Lipinski definition) is 8. The average Bonchev–Trinajstić information content (AvgIpc) is 2.91. The van der Waals surface area contributed by atoms with Crippen molar-refractivity contribution in [3.8, 4) is 0 Å². The van der Waals surface area contributed by atoms with Crippen molar-refractivity contribution in [1.82, 2.24) is 9.97 Å². The molecular formula is C16H21N3O3S2. The van der Waals surface area contributed by atoms with Gasteiger partial charge in [-0.3, -0.25) is 4.79 Å².